The number of aryl methyl sites for hydroxylation is 1. The van der Waals surface area contributed by atoms with Crippen molar-refractivity contribution < 1.29 is 27.4 Å². The summed E-state index contributed by atoms with van der Waals surface area (Å²) in [7, 11) is 0. The van der Waals surface area contributed by atoms with Gasteiger partial charge in [0.2, 0.25) is 5.91 Å². The first-order valence-corrected chi connectivity index (χ1v) is 11.7. The molecule has 0 bridgehead atoms. The summed E-state index contributed by atoms with van der Waals surface area (Å²) in [4.78, 5) is 14.8. The van der Waals surface area contributed by atoms with Crippen LogP contribution in [0.5, 0.6) is 5.75 Å². The fraction of sp³-hybridized carbons (Fsp3) is 0.500. The number of primary amides is 1. The van der Waals surface area contributed by atoms with E-state index in [4.69, 9.17) is 15.2 Å². The Morgan fingerprint density at radius 2 is 1.97 bits per heavy atom. The Morgan fingerprint density at radius 1 is 1.24 bits per heavy atom. The molecule has 1 amide bonds. The van der Waals surface area contributed by atoms with Crippen LogP contribution in [0.1, 0.15) is 48.8 Å². The smallest absolute Gasteiger partial charge is 0.416 e. The molecule has 2 aromatic rings. The summed E-state index contributed by atoms with van der Waals surface area (Å²) in [5, 5.41) is 0. The Kier molecular flexibility index (Phi) is 6.92. The lowest BCUT2D eigenvalue weighted by Gasteiger charge is -2.46. The molecule has 4 rings (SSSR count). The van der Waals surface area contributed by atoms with Gasteiger partial charge in [0.25, 0.3) is 0 Å². The lowest BCUT2D eigenvalue weighted by molar-refractivity contribution is -0.142. The second-order valence-corrected chi connectivity index (χ2v) is 9.46. The number of nitrogens with zero attached hydrogens (tertiary/aromatic N) is 1. The van der Waals surface area contributed by atoms with Gasteiger partial charge in [-0.3, -0.25) is 9.69 Å². The van der Waals surface area contributed by atoms with Crippen molar-refractivity contribution in [3.8, 4) is 5.75 Å². The lowest BCUT2D eigenvalue weighted by Crippen LogP contribution is -2.61. The van der Waals surface area contributed by atoms with Gasteiger partial charge in [-0.15, -0.1) is 0 Å². The van der Waals surface area contributed by atoms with Crippen LogP contribution in [0.3, 0.4) is 0 Å². The number of halogens is 3. The first-order chi connectivity index (χ1) is 16.1. The molecular weight excluding hydrogens is 445 g/mol. The maximum absolute atomic E-state index is 13.0. The normalized spacial score (nSPS) is 26.9. The van der Waals surface area contributed by atoms with E-state index >= 15 is 0 Å². The van der Waals surface area contributed by atoms with Crippen molar-refractivity contribution in [3.05, 3.63) is 65.2 Å². The second kappa shape index (κ2) is 9.58. The summed E-state index contributed by atoms with van der Waals surface area (Å²) in [6.07, 6.45) is -3.38. The van der Waals surface area contributed by atoms with Crippen molar-refractivity contribution in [1.82, 2.24) is 4.90 Å². The van der Waals surface area contributed by atoms with Crippen molar-refractivity contribution in [2.24, 2.45) is 5.73 Å². The van der Waals surface area contributed by atoms with Crippen LogP contribution in [-0.2, 0) is 15.7 Å². The topological polar surface area (TPSA) is 64.8 Å². The minimum Gasteiger partial charge on any atom is -0.489 e. The maximum atomic E-state index is 13.0. The molecule has 8 heteroatoms. The Morgan fingerprint density at radius 3 is 2.65 bits per heavy atom. The second-order valence-electron chi connectivity index (χ2n) is 9.46. The van der Waals surface area contributed by atoms with E-state index in [0.717, 1.165) is 17.7 Å². The van der Waals surface area contributed by atoms with Crippen LogP contribution in [0, 0.1) is 6.92 Å². The molecule has 2 heterocycles. The Labute approximate surface area is 198 Å². The van der Waals surface area contributed by atoms with Crippen LogP contribution in [-0.4, -0.2) is 48.3 Å². The van der Waals surface area contributed by atoms with E-state index in [-0.39, 0.29) is 23.9 Å². The van der Waals surface area contributed by atoms with E-state index in [9.17, 15) is 18.0 Å². The van der Waals surface area contributed by atoms with Crippen molar-refractivity contribution in [2.75, 3.05) is 19.7 Å². The number of carbonyl (C=O) groups excluding carboxylic acids is 1. The van der Waals surface area contributed by atoms with Crippen LogP contribution in [0.25, 0.3) is 0 Å². The first-order valence-electron chi connectivity index (χ1n) is 11.7. The van der Waals surface area contributed by atoms with Gasteiger partial charge in [-0.05, 0) is 43.5 Å². The lowest BCUT2D eigenvalue weighted by atomic mass is 9.79. The maximum Gasteiger partial charge on any atom is 0.416 e. The van der Waals surface area contributed by atoms with Gasteiger partial charge in [-0.25, -0.2) is 0 Å². The Bertz CT molecular complexity index is 1010. The highest BCUT2D eigenvalue weighted by atomic mass is 19.4. The number of hydrogen-bond donors (Lipinski definition) is 1. The summed E-state index contributed by atoms with van der Waals surface area (Å²) >= 11 is 0. The fourth-order valence-electron chi connectivity index (χ4n) is 5.10. The van der Waals surface area contributed by atoms with E-state index in [1.54, 1.807) is 0 Å². The van der Waals surface area contributed by atoms with E-state index in [1.165, 1.54) is 17.7 Å². The number of alkyl halides is 3. The summed E-state index contributed by atoms with van der Waals surface area (Å²) in [6, 6.07) is 13.2. The van der Waals surface area contributed by atoms with Crippen LogP contribution in [0.2, 0.25) is 0 Å². The van der Waals surface area contributed by atoms with Crippen molar-refractivity contribution in [3.63, 3.8) is 0 Å². The molecule has 2 N–H and O–H groups in total. The molecule has 5 nitrogen and oxygen atoms in total. The zero-order valence-electron chi connectivity index (χ0n) is 19.5. The molecule has 34 heavy (non-hydrogen) atoms. The molecule has 0 aliphatic carbocycles. The largest absolute Gasteiger partial charge is 0.489 e. The third-order valence-corrected chi connectivity index (χ3v) is 7.22. The van der Waals surface area contributed by atoms with Crippen LogP contribution in [0.15, 0.2) is 48.5 Å². The van der Waals surface area contributed by atoms with Crippen molar-refractivity contribution in [1.29, 1.82) is 0 Å². The molecule has 0 saturated carbocycles. The molecule has 184 valence electrons. The molecule has 3 unspecified atom stereocenters. The molecule has 0 radical (unpaired) electrons. The minimum atomic E-state index is -4.43. The monoisotopic (exact) mass is 476 g/mol. The summed E-state index contributed by atoms with van der Waals surface area (Å²) in [6.45, 7) is 5.55. The average molecular weight is 477 g/mol. The van der Waals surface area contributed by atoms with Gasteiger partial charge < -0.3 is 15.2 Å². The van der Waals surface area contributed by atoms with Gasteiger partial charge in [0.15, 0.2) is 0 Å². The average Bonchev–Trinajstić information content (AvgIpc) is 3.27. The summed E-state index contributed by atoms with van der Waals surface area (Å²) < 4.78 is 51.1. The number of ether oxygens (including phenoxy) is 2. The van der Waals surface area contributed by atoms with E-state index in [2.05, 4.69) is 31.2 Å². The number of benzene rings is 2. The highest BCUT2D eigenvalue weighted by Crippen LogP contribution is 2.39. The first kappa shape index (κ1) is 24.5. The molecule has 0 spiro atoms. The van der Waals surface area contributed by atoms with Gasteiger partial charge in [0, 0.05) is 32.0 Å². The molecule has 2 aliphatic rings. The zero-order valence-corrected chi connectivity index (χ0v) is 19.5. The van der Waals surface area contributed by atoms with Crippen LogP contribution >= 0.6 is 0 Å². The van der Waals surface area contributed by atoms with Crippen LogP contribution < -0.4 is 10.5 Å². The molecule has 2 aliphatic heterocycles. The Hall–Kier alpha value is -2.58. The number of nitrogens with two attached hydrogens (primary N) is 1. The number of rotatable bonds is 6. The number of likely N-dealkylation sites (tertiary alicyclic amines) is 1. The quantitative estimate of drug-likeness (QED) is 0.658. The van der Waals surface area contributed by atoms with Gasteiger partial charge in [-0.1, -0.05) is 42.8 Å². The summed E-state index contributed by atoms with van der Waals surface area (Å²) in [5.74, 6) is -0.136. The Balaban J connectivity index is 1.47. The zero-order chi connectivity index (χ0) is 24.5. The van der Waals surface area contributed by atoms with Crippen molar-refractivity contribution in [2.45, 2.75) is 63.0 Å². The van der Waals surface area contributed by atoms with E-state index in [0.29, 0.717) is 39.0 Å². The number of hydrogen-bond acceptors (Lipinski definition) is 4. The number of carbonyl (C=O) groups is 1. The predicted octanol–water partition coefficient (Wildman–Crippen LogP) is 4.67. The minimum absolute atomic E-state index is 0.0828. The van der Waals surface area contributed by atoms with E-state index in [1.807, 2.05) is 11.8 Å². The van der Waals surface area contributed by atoms with Gasteiger partial charge in [0.1, 0.15) is 17.4 Å². The third-order valence-electron chi connectivity index (χ3n) is 7.22. The van der Waals surface area contributed by atoms with E-state index < -0.39 is 23.2 Å². The standard InChI is InChI=1S/C26H31F3N2O3/c1-17-6-8-19(9-7-17)18(2)23-15-25(24(30)32,11-13-33-23)31-12-10-22(16-31)34-21-5-3-4-20(14-21)26(27,28)29/h3-9,14,18,22-23H,10-13,15-16H2,1-2H3,(H2,30,32)/t18-,22?,23?,25?/m0/s1. The number of amides is 1. The molecule has 2 aromatic carbocycles. The molecule has 0 aromatic heterocycles. The van der Waals surface area contributed by atoms with Crippen molar-refractivity contribution >= 4 is 5.91 Å². The van der Waals surface area contributed by atoms with Gasteiger partial charge >= 0.3 is 6.18 Å². The SMILES string of the molecule is Cc1ccc([C@H](C)C2CC(C(N)=O)(N3CCC(Oc4cccc(C(F)(F)F)c4)C3)CCO2)cc1. The highest BCUT2D eigenvalue weighted by molar-refractivity contribution is 5.85. The molecule has 4 atom stereocenters. The summed E-state index contributed by atoms with van der Waals surface area (Å²) in [5.41, 5.74) is 6.67. The van der Waals surface area contributed by atoms with Gasteiger partial charge in [-0.2, -0.15) is 13.2 Å². The fourth-order valence-corrected chi connectivity index (χ4v) is 5.10. The highest BCUT2D eigenvalue weighted by Gasteiger charge is 2.50. The molecule has 2 saturated heterocycles. The molecular formula is C26H31F3N2O3. The predicted molar refractivity (Wildman–Crippen MR) is 123 cm³/mol. The molecule has 2 fully saturated rings. The third kappa shape index (κ3) is 5.08. The van der Waals surface area contributed by atoms with Gasteiger partial charge in [0.05, 0.1) is 11.7 Å². The van der Waals surface area contributed by atoms with Crippen LogP contribution in [0.4, 0.5) is 13.2 Å².